The van der Waals surface area contributed by atoms with E-state index in [1.165, 1.54) is 25.7 Å². The standard InChI is InChI=1S/C21H37NO3/c1-4-5-8-12-19(2)15-16-20(13-11-18-23)22(3)17-10-7-6-9-14-21(24)25/h7,10,15-16,18-20H,4-6,8-9,11-14,17H2,1-3H3,(H,24,25)/b10-7-,16-15+/t19-,20+/m0/s1. The van der Waals surface area contributed by atoms with E-state index in [1.807, 2.05) is 6.08 Å². The molecule has 0 saturated heterocycles. The molecule has 0 bridgehead atoms. The Morgan fingerprint density at radius 2 is 1.84 bits per heavy atom. The molecule has 25 heavy (non-hydrogen) atoms. The van der Waals surface area contributed by atoms with Gasteiger partial charge in [-0.25, -0.2) is 0 Å². The highest BCUT2D eigenvalue weighted by Gasteiger charge is 2.10. The molecule has 0 aromatic carbocycles. The Labute approximate surface area is 154 Å². The summed E-state index contributed by atoms with van der Waals surface area (Å²) in [6.45, 7) is 5.29. The normalized spacial score (nSPS) is 14.4. The maximum Gasteiger partial charge on any atom is 0.303 e. The molecule has 0 fully saturated rings. The second kappa shape index (κ2) is 16.1. The number of allylic oxidation sites excluding steroid dienone is 2. The number of hydrogen-bond acceptors (Lipinski definition) is 3. The highest BCUT2D eigenvalue weighted by atomic mass is 16.4. The molecule has 2 atom stereocenters. The van der Waals surface area contributed by atoms with Crippen molar-refractivity contribution in [3.8, 4) is 0 Å². The summed E-state index contributed by atoms with van der Waals surface area (Å²) < 4.78 is 0. The Hall–Kier alpha value is -1.42. The van der Waals surface area contributed by atoms with Crippen molar-refractivity contribution in [1.29, 1.82) is 0 Å². The second-order valence-corrected chi connectivity index (χ2v) is 6.87. The van der Waals surface area contributed by atoms with Crippen LogP contribution in [0.3, 0.4) is 0 Å². The van der Waals surface area contributed by atoms with Gasteiger partial charge in [0.15, 0.2) is 0 Å². The monoisotopic (exact) mass is 351 g/mol. The molecule has 1 N–H and O–H groups in total. The van der Waals surface area contributed by atoms with Crippen LogP contribution in [0.25, 0.3) is 0 Å². The van der Waals surface area contributed by atoms with Gasteiger partial charge in [0.2, 0.25) is 0 Å². The van der Waals surface area contributed by atoms with Gasteiger partial charge in [0, 0.05) is 25.4 Å². The number of aliphatic carboxylic acids is 1. The zero-order chi connectivity index (χ0) is 18.9. The van der Waals surface area contributed by atoms with Gasteiger partial charge in [-0.05, 0) is 38.6 Å². The molecule has 0 unspecified atom stereocenters. The maximum atomic E-state index is 10.7. The van der Waals surface area contributed by atoms with Gasteiger partial charge in [-0.2, -0.15) is 0 Å². The van der Waals surface area contributed by atoms with Crippen molar-refractivity contribution in [3.63, 3.8) is 0 Å². The van der Waals surface area contributed by atoms with Crippen LogP contribution >= 0.6 is 0 Å². The van der Waals surface area contributed by atoms with Crippen molar-refractivity contribution in [2.24, 2.45) is 5.92 Å². The zero-order valence-corrected chi connectivity index (χ0v) is 16.3. The van der Waals surface area contributed by atoms with Crippen LogP contribution < -0.4 is 0 Å². The van der Waals surface area contributed by atoms with Crippen LogP contribution in [0, 0.1) is 5.92 Å². The van der Waals surface area contributed by atoms with E-state index in [0.717, 1.165) is 25.7 Å². The average Bonchev–Trinajstić information content (AvgIpc) is 2.57. The van der Waals surface area contributed by atoms with E-state index in [2.05, 4.69) is 44.0 Å². The summed E-state index contributed by atoms with van der Waals surface area (Å²) in [7, 11) is 2.07. The highest BCUT2D eigenvalue weighted by molar-refractivity contribution is 5.66. The van der Waals surface area contributed by atoms with Gasteiger partial charge in [-0.1, -0.05) is 57.4 Å². The molecule has 0 aromatic heterocycles. The number of likely N-dealkylation sites (N-methyl/N-ethyl adjacent to an activating group) is 1. The van der Waals surface area contributed by atoms with Crippen LogP contribution in [0.2, 0.25) is 0 Å². The SMILES string of the molecule is CCCCC[C@H](C)/C=C/[C@@H](CCC=O)N(C)C/C=C\CCCC(=O)O. The fourth-order valence-corrected chi connectivity index (χ4v) is 2.70. The average molecular weight is 352 g/mol. The lowest BCUT2D eigenvalue weighted by Crippen LogP contribution is -2.30. The van der Waals surface area contributed by atoms with Crippen molar-refractivity contribution >= 4 is 12.3 Å². The Morgan fingerprint density at radius 3 is 2.48 bits per heavy atom. The molecule has 144 valence electrons. The first kappa shape index (κ1) is 23.6. The van der Waals surface area contributed by atoms with Gasteiger partial charge in [-0.3, -0.25) is 9.69 Å². The first-order valence-electron chi connectivity index (χ1n) is 9.70. The number of unbranched alkanes of at least 4 members (excludes halogenated alkanes) is 3. The first-order valence-corrected chi connectivity index (χ1v) is 9.70. The first-order chi connectivity index (χ1) is 12.0. The summed E-state index contributed by atoms with van der Waals surface area (Å²) >= 11 is 0. The summed E-state index contributed by atoms with van der Waals surface area (Å²) in [5.41, 5.74) is 0. The fourth-order valence-electron chi connectivity index (χ4n) is 2.70. The van der Waals surface area contributed by atoms with Crippen molar-refractivity contribution in [2.45, 2.75) is 77.7 Å². The van der Waals surface area contributed by atoms with E-state index >= 15 is 0 Å². The lowest BCUT2D eigenvalue weighted by atomic mass is 10.0. The number of carboxylic acid groups (broad SMARTS) is 1. The number of aldehydes is 1. The predicted molar refractivity (Wildman–Crippen MR) is 105 cm³/mol. The summed E-state index contributed by atoms with van der Waals surface area (Å²) in [5, 5.41) is 8.62. The van der Waals surface area contributed by atoms with Crippen molar-refractivity contribution < 1.29 is 14.7 Å². The highest BCUT2D eigenvalue weighted by Crippen LogP contribution is 2.13. The molecule has 4 heteroatoms. The number of rotatable bonds is 16. The van der Waals surface area contributed by atoms with Crippen molar-refractivity contribution in [1.82, 2.24) is 4.90 Å². The van der Waals surface area contributed by atoms with Crippen LogP contribution in [0.15, 0.2) is 24.3 Å². The molecule has 0 aliphatic heterocycles. The minimum atomic E-state index is -0.738. The summed E-state index contributed by atoms with van der Waals surface area (Å²) in [5.74, 6) is -0.164. The minimum absolute atomic E-state index is 0.223. The van der Waals surface area contributed by atoms with Gasteiger partial charge in [-0.15, -0.1) is 0 Å². The van der Waals surface area contributed by atoms with Crippen LogP contribution in [-0.4, -0.2) is 41.9 Å². The topological polar surface area (TPSA) is 57.6 Å². The Kier molecular flexibility index (Phi) is 15.2. The third-order valence-electron chi connectivity index (χ3n) is 4.39. The molecule has 0 heterocycles. The second-order valence-electron chi connectivity index (χ2n) is 6.87. The van der Waals surface area contributed by atoms with Gasteiger partial charge in [0.1, 0.15) is 6.29 Å². The van der Waals surface area contributed by atoms with E-state index in [0.29, 0.717) is 18.8 Å². The summed E-state index contributed by atoms with van der Waals surface area (Å²) in [6.07, 6.45) is 17.8. The van der Waals surface area contributed by atoms with Gasteiger partial charge < -0.3 is 9.90 Å². The number of nitrogens with zero attached hydrogens (tertiary/aromatic N) is 1. The molecule has 0 radical (unpaired) electrons. The molecule has 0 amide bonds. The van der Waals surface area contributed by atoms with Crippen molar-refractivity contribution in [3.05, 3.63) is 24.3 Å². The number of hydrogen-bond donors (Lipinski definition) is 1. The molecule has 0 saturated carbocycles. The minimum Gasteiger partial charge on any atom is -0.481 e. The number of carbonyl (C=O) groups is 2. The van der Waals surface area contributed by atoms with E-state index in [4.69, 9.17) is 5.11 Å². The number of carbonyl (C=O) groups excluding carboxylic acids is 1. The zero-order valence-electron chi connectivity index (χ0n) is 16.3. The number of carboxylic acids is 1. The molecule has 0 spiro atoms. The van der Waals surface area contributed by atoms with E-state index in [-0.39, 0.29) is 12.5 Å². The van der Waals surface area contributed by atoms with Gasteiger partial charge in [0.25, 0.3) is 0 Å². The smallest absolute Gasteiger partial charge is 0.303 e. The fraction of sp³-hybridized carbons (Fsp3) is 0.714. The van der Waals surface area contributed by atoms with Gasteiger partial charge in [0.05, 0.1) is 0 Å². The molecule has 4 nitrogen and oxygen atoms in total. The lowest BCUT2D eigenvalue weighted by Gasteiger charge is -2.24. The third-order valence-corrected chi connectivity index (χ3v) is 4.39. The predicted octanol–water partition coefficient (Wildman–Crippen LogP) is 4.85. The van der Waals surface area contributed by atoms with Crippen LogP contribution in [-0.2, 0) is 9.59 Å². The quantitative estimate of drug-likeness (QED) is 0.245. The molecular weight excluding hydrogens is 314 g/mol. The molecule has 0 aliphatic carbocycles. The summed E-state index contributed by atoms with van der Waals surface area (Å²) in [4.78, 5) is 23.4. The van der Waals surface area contributed by atoms with Crippen LogP contribution in [0.1, 0.15) is 71.6 Å². The van der Waals surface area contributed by atoms with E-state index < -0.39 is 5.97 Å². The largest absolute Gasteiger partial charge is 0.481 e. The van der Waals surface area contributed by atoms with E-state index in [9.17, 15) is 9.59 Å². The Balaban J connectivity index is 4.34. The summed E-state index contributed by atoms with van der Waals surface area (Å²) in [6, 6.07) is 0.266. The van der Waals surface area contributed by atoms with Crippen LogP contribution in [0.4, 0.5) is 0 Å². The van der Waals surface area contributed by atoms with Crippen LogP contribution in [0.5, 0.6) is 0 Å². The lowest BCUT2D eigenvalue weighted by molar-refractivity contribution is -0.137. The van der Waals surface area contributed by atoms with E-state index in [1.54, 1.807) is 0 Å². The molecule has 0 rings (SSSR count). The van der Waals surface area contributed by atoms with Gasteiger partial charge >= 0.3 is 5.97 Å². The maximum absolute atomic E-state index is 10.7. The molecule has 0 aromatic rings. The molecular formula is C21H37NO3. The third kappa shape index (κ3) is 14.6. The molecule has 0 aliphatic rings. The van der Waals surface area contributed by atoms with Crippen molar-refractivity contribution in [2.75, 3.05) is 13.6 Å². The Morgan fingerprint density at radius 1 is 1.08 bits per heavy atom. The Bertz CT molecular complexity index is 404.